The quantitative estimate of drug-likeness (QED) is 0.864. The Morgan fingerprint density at radius 3 is 2.79 bits per heavy atom. The Morgan fingerprint density at radius 1 is 1.18 bits per heavy atom. The van der Waals surface area contributed by atoms with Crippen molar-refractivity contribution in [1.29, 1.82) is 0 Å². The van der Waals surface area contributed by atoms with E-state index in [1.165, 1.54) is 0 Å². The summed E-state index contributed by atoms with van der Waals surface area (Å²) < 4.78 is 10.9. The number of pyridine rings is 1. The van der Waals surface area contributed by atoms with Gasteiger partial charge in [-0.1, -0.05) is 6.08 Å². The van der Waals surface area contributed by atoms with E-state index in [9.17, 15) is 9.59 Å². The molecule has 1 aromatic heterocycles. The molecule has 1 unspecified atom stereocenters. The summed E-state index contributed by atoms with van der Waals surface area (Å²) in [6.45, 7) is 2.51. The minimum Gasteiger partial charge on any atom is -0.484 e. The topological polar surface area (TPSA) is 80.8 Å². The molecule has 28 heavy (non-hydrogen) atoms. The fourth-order valence-corrected chi connectivity index (χ4v) is 4.62. The van der Waals surface area contributed by atoms with Crippen LogP contribution in [0, 0.1) is 5.41 Å². The molecule has 3 heterocycles. The van der Waals surface area contributed by atoms with Crippen molar-refractivity contribution in [3.05, 3.63) is 29.5 Å². The number of rotatable bonds is 3. The van der Waals surface area contributed by atoms with Crippen molar-refractivity contribution in [3.8, 4) is 11.6 Å². The molecule has 4 aliphatic rings. The molecule has 2 amide bonds. The predicted octanol–water partition coefficient (Wildman–Crippen LogP) is 2.07. The standard InChI is InChI=1S/C21H25N3O4/c25-18(15-5-6-16-19(22-15)28-12-11-27-16)23-17-13-21(17)7-9-24(10-8-21)20(26)14-3-1-2-4-14/h3,5-6,17H,1-2,4,7-13H2,(H,23,25). The van der Waals surface area contributed by atoms with Crippen LogP contribution in [0.3, 0.4) is 0 Å². The number of amides is 2. The highest BCUT2D eigenvalue weighted by atomic mass is 16.6. The van der Waals surface area contributed by atoms with Gasteiger partial charge in [0.25, 0.3) is 11.8 Å². The first-order valence-corrected chi connectivity index (χ1v) is 10.2. The van der Waals surface area contributed by atoms with Crippen LogP contribution in [-0.2, 0) is 4.79 Å². The third-order valence-corrected chi connectivity index (χ3v) is 6.49. The van der Waals surface area contributed by atoms with Crippen molar-refractivity contribution in [2.24, 2.45) is 5.41 Å². The molecule has 1 spiro atoms. The van der Waals surface area contributed by atoms with Crippen LogP contribution in [0.4, 0.5) is 0 Å². The second kappa shape index (κ2) is 6.79. The van der Waals surface area contributed by atoms with Crippen LogP contribution in [-0.4, -0.2) is 54.0 Å². The van der Waals surface area contributed by atoms with E-state index in [0.717, 1.165) is 57.2 Å². The van der Waals surface area contributed by atoms with E-state index in [1.807, 2.05) is 4.90 Å². The van der Waals surface area contributed by atoms with Gasteiger partial charge in [0, 0.05) is 24.7 Å². The van der Waals surface area contributed by atoms with Gasteiger partial charge in [0.2, 0.25) is 5.91 Å². The Bertz CT molecular complexity index is 842. The predicted molar refractivity (Wildman–Crippen MR) is 101 cm³/mol. The van der Waals surface area contributed by atoms with Gasteiger partial charge in [-0.2, -0.15) is 0 Å². The van der Waals surface area contributed by atoms with E-state index in [1.54, 1.807) is 12.1 Å². The number of allylic oxidation sites excluding steroid dienone is 1. The Morgan fingerprint density at radius 2 is 2.00 bits per heavy atom. The highest BCUT2D eigenvalue weighted by Gasteiger charge is 2.56. The minimum absolute atomic E-state index is 0.143. The first-order valence-electron chi connectivity index (χ1n) is 10.2. The molecule has 5 rings (SSSR count). The molecule has 1 aromatic rings. The number of carbonyl (C=O) groups is 2. The summed E-state index contributed by atoms with van der Waals surface area (Å²) in [5.74, 6) is 1.01. The highest BCUT2D eigenvalue weighted by molar-refractivity contribution is 5.94. The Hall–Kier alpha value is -2.57. The summed E-state index contributed by atoms with van der Waals surface area (Å²) in [5, 5.41) is 3.12. The van der Waals surface area contributed by atoms with Gasteiger partial charge < -0.3 is 19.7 Å². The molecule has 1 atom stereocenters. The lowest BCUT2D eigenvalue weighted by molar-refractivity contribution is -0.128. The van der Waals surface area contributed by atoms with E-state index in [4.69, 9.17) is 9.47 Å². The molecule has 148 valence electrons. The van der Waals surface area contributed by atoms with Crippen LogP contribution in [0.1, 0.15) is 49.0 Å². The third-order valence-electron chi connectivity index (χ3n) is 6.49. The molecule has 1 saturated carbocycles. The van der Waals surface area contributed by atoms with Gasteiger partial charge in [-0.25, -0.2) is 4.98 Å². The largest absolute Gasteiger partial charge is 0.484 e. The SMILES string of the molecule is O=C(NC1CC12CCN(C(=O)C1=CCCC1)CC2)c1ccc2c(n1)OCCO2. The van der Waals surface area contributed by atoms with Crippen LogP contribution in [0.5, 0.6) is 11.6 Å². The number of nitrogens with zero attached hydrogens (tertiary/aromatic N) is 2. The van der Waals surface area contributed by atoms with E-state index in [2.05, 4.69) is 16.4 Å². The van der Waals surface area contributed by atoms with E-state index in [0.29, 0.717) is 30.5 Å². The number of fused-ring (bicyclic) bond motifs is 1. The molecule has 7 nitrogen and oxygen atoms in total. The first-order chi connectivity index (χ1) is 13.6. The molecule has 2 aliphatic heterocycles. The number of carbonyl (C=O) groups excluding carboxylic acids is 2. The van der Waals surface area contributed by atoms with Crippen LogP contribution in [0.2, 0.25) is 0 Å². The Balaban J connectivity index is 1.17. The summed E-state index contributed by atoms with van der Waals surface area (Å²) >= 11 is 0. The van der Waals surface area contributed by atoms with Crippen molar-refractivity contribution in [2.45, 2.75) is 44.6 Å². The van der Waals surface area contributed by atoms with Crippen molar-refractivity contribution in [3.63, 3.8) is 0 Å². The lowest BCUT2D eigenvalue weighted by Gasteiger charge is -2.33. The van der Waals surface area contributed by atoms with Crippen LogP contribution < -0.4 is 14.8 Å². The molecular formula is C21H25N3O4. The smallest absolute Gasteiger partial charge is 0.270 e. The molecule has 2 fully saturated rings. The minimum atomic E-state index is -0.173. The van der Waals surface area contributed by atoms with Gasteiger partial charge in [0.05, 0.1) is 0 Å². The first kappa shape index (κ1) is 17.5. The number of hydrogen-bond acceptors (Lipinski definition) is 5. The van der Waals surface area contributed by atoms with Crippen LogP contribution in [0.25, 0.3) is 0 Å². The maximum Gasteiger partial charge on any atom is 0.270 e. The molecule has 0 aromatic carbocycles. The molecule has 2 aliphatic carbocycles. The molecule has 0 bridgehead atoms. The third kappa shape index (κ3) is 3.12. The summed E-state index contributed by atoms with van der Waals surface area (Å²) in [6.07, 6.45) is 8.02. The van der Waals surface area contributed by atoms with Gasteiger partial charge in [-0.05, 0) is 56.1 Å². The van der Waals surface area contributed by atoms with Gasteiger partial charge in [0.1, 0.15) is 18.9 Å². The monoisotopic (exact) mass is 383 g/mol. The van der Waals surface area contributed by atoms with Gasteiger partial charge in [-0.15, -0.1) is 0 Å². The molecule has 0 radical (unpaired) electrons. The zero-order valence-corrected chi connectivity index (χ0v) is 15.9. The number of aromatic nitrogens is 1. The normalized spacial score (nSPS) is 24.6. The molecule has 1 N–H and O–H groups in total. The second-order valence-corrected chi connectivity index (χ2v) is 8.20. The lowest BCUT2D eigenvalue weighted by atomic mass is 9.92. The number of hydrogen-bond donors (Lipinski definition) is 1. The lowest BCUT2D eigenvalue weighted by Crippen LogP contribution is -2.42. The van der Waals surface area contributed by atoms with E-state index in [-0.39, 0.29) is 23.3 Å². The Labute approximate surface area is 164 Å². The zero-order valence-electron chi connectivity index (χ0n) is 15.9. The maximum atomic E-state index is 12.6. The zero-order chi connectivity index (χ0) is 19.1. The average Bonchev–Trinajstić information content (AvgIpc) is 3.14. The van der Waals surface area contributed by atoms with Gasteiger partial charge in [-0.3, -0.25) is 9.59 Å². The molecular weight excluding hydrogens is 358 g/mol. The highest BCUT2D eigenvalue weighted by Crippen LogP contribution is 2.54. The van der Waals surface area contributed by atoms with Crippen molar-refractivity contribution < 1.29 is 19.1 Å². The fourth-order valence-electron chi connectivity index (χ4n) is 4.62. The van der Waals surface area contributed by atoms with Crippen LogP contribution >= 0.6 is 0 Å². The Kier molecular flexibility index (Phi) is 4.25. The van der Waals surface area contributed by atoms with Crippen molar-refractivity contribution >= 4 is 11.8 Å². The van der Waals surface area contributed by atoms with Gasteiger partial charge >= 0.3 is 0 Å². The number of nitrogens with one attached hydrogen (secondary N) is 1. The summed E-state index contributed by atoms with van der Waals surface area (Å²) in [6, 6.07) is 3.58. The summed E-state index contributed by atoms with van der Waals surface area (Å²) in [5.41, 5.74) is 1.48. The second-order valence-electron chi connectivity index (χ2n) is 8.20. The number of ether oxygens (including phenoxy) is 2. The maximum absolute atomic E-state index is 12.6. The fraction of sp³-hybridized carbons (Fsp3) is 0.571. The number of piperidine rings is 1. The van der Waals surface area contributed by atoms with Gasteiger partial charge in [0.15, 0.2) is 5.75 Å². The molecule has 1 saturated heterocycles. The molecule has 7 heteroatoms. The van der Waals surface area contributed by atoms with E-state index < -0.39 is 0 Å². The van der Waals surface area contributed by atoms with Crippen molar-refractivity contribution in [1.82, 2.24) is 15.2 Å². The summed E-state index contributed by atoms with van der Waals surface area (Å²) in [7, 11) is 0. The van der Waals surface area contributed by atoms with E-state index >= 15 is 0 Å². The van der Waals surface area contributed by atoms with Crippen molar-refractivity contribution in [2.75, 3.05) is 26.3 Å². The van der Waals surface area contributed by atoms with Crippen LogP contribution in [0.15, 0.2) is 23.8 Å². The summed E-state index contributed by atoms with van der Waals surface area (Å²) in [4.78, 5) is 31.4. The number of likely N-dealkylation sites (tertiary alicyclic amines) is 1. The average molecular weight is 383 g/mol.